The van der Waals surface area contributed by atoms with Crippen LogP contribution in [0.4, 0.5) is 4.39 Å². The van der Waals surface area contributed by atoms with Gasteiger partial charge in [-0.2, -0.15) is 0 Å². The summed E-state index contributed by atoms with van der Waals surface area (Å²) in [4.78, 5) is 33.6. The van der Waals surface area contributed by atoms with Crippen LogP contribution >= 0.6 is 0 Å². The topological polar surface area (TPSA) is 86.1 Å². The van der Waals surface area contributed by atoms with Gasteiger partial charge < -0.3 is 28.6 Å². The van der Waals surface area contributed by atoms with Crippen LogP contribution < -0.4 is 4.74 Å². The quantitative estimate of drug-likeness (QED) is 0.550. The van der Waals surface area contributed by atoms with Gasteiger partial charge in [-0.25, -0.2) is 9.37 Å². The summed E-state index contributed by atoms with van der Waals surface area (Å²) in [6.45, 7) is 3.91. The summed E-state index contributed by atoms with van der Waals surface area (Å²) in [5.41, 5.74) is -0.984. The van der Waals surface area contributed by atoms with Gasteiger partial charge in [0.1, 0.15) is 23.8 Å². The molecule has 0 saturated carbocycles. The monoisotopic (exact) mass is 474 g/mol. The zero-order valence-corrected chi connectivity index (χ0v) is 19.2. The van der Waals surface area contributed by atoms with Crippen molar-refractivity contribution in [1.29, 1.82) is 0 Å². The molecule has 0 radical (unpaired) electrons. The molecular formula is C24H31FN4O5. The van der Waals surface area contributed by atoms with Gasteiger partial charge in [0.05, 0.1) is 39.1 Å². The van der Waals surface area contributed by atoms with Gasteiger partial charge in [-0.05, 0) is 30.7 Å². The number of ether oxygens (including phenoxy) is 3. The summed E-state index contributed by atoms with van der Waals surface area (Å²) in [7, 11) is 0. The molecule has 2 aliphatic rings. The molecule has 2 aromatic rings. The van der Waals surface area contributed by atoms with Crippen molar-refractivity contribution in [2.24, 2.45) is 0 Å². The molecule has 10 heteroatoms. The number of halogens is 1. The molecule has 0 spiro atoms. The van der Waals surface area contributed by atoms with Gasteiger partial charge in [-0.1, -0.05) is 0 Å². The molecule has 2 amide bonds. The van der Waals surface area contributed by atoms with E-state index in [1.807, 2.05) is 10.8 Å². The highest BCUT2D eigenvalue weighted by Crippen LogP contribution is 2.26. The lowest BCUT2D eigenvalue weighted by molar-refractivity contribution is -0.167. The van der Waals surface area contributed by atoms with Crippen molar-refractivity contribution < 1.29 is 28.2 Å². The Labute approximate surface area is 198 Å². The first kappa shape index (κ1) is 24.2. The molecule has 0 N–H and O–H groups in total. The van der Waals surface area contributed by atoms with E-state index in [1.165, 1.54) is 24.3 Å². The molecule has 2 aliphatic heterocycles. The SMILES string of the molecule is O=C(C[C@@]1(COc2ccc(F)cc2)CN(C(=O)CCCn2ccnc2)CCO1)N1CCOCC1. The van der Waals surface area contributed by atoms with E-state index in [0.29, 0.717) is 64.6 Å². The van der Waals surface area contributed by atoms with E-state index in [-0.39, 0.29) is 37.2 Å². The number of aryl methyl sites for hydroxylation is 1. The minimum absolute atomic E-state index is 0.0217. The van der Waals surface area contributed by atoms with Crippen molar-refractivity contribution in [3.05, 3.63) is 48.8 Å². The highest BCUT2D eigenvalue weighted by atomic mass is 19.1. The summed E-state index contributed by atoms with van der Waals surface area (Å²) < 4.78 is 32.6. The highest BCUT2D eigenvalue weighted by molar-refractivity contribution is 5.79. The fraction of sp³-hybridized carbons (Fsp3) is 0.542. The van der Waals surface area contributed by atoms with Crippen LogP contribution in [0.25, 0.3) is 0 Å². The first-order valence-corrected chi connectivity index (χ1v) is 11.6. The van der Waals surface area contributed by atoms with E-state index >= 15 is 0 Å². The third-order valence-electron chi connectivity index (χ3n) is 6.12. The molecule has 9 nitrogen and oxygen atoms in total. The summed E-state index contributed by atoms with van der Waals surface area (Å²) in [6.07, 6.45) is 6.49. The van der Waals surface area contributed by atoms with Crippen LogP contribution in [0.2, 0.25) is 0 Å². The number of imidazole rings is 1. The summed E-state index contributed by atoms with van der Waals surface area (Å²) in [6, 6.07) is 5.71. The molecule has 184 valence electrons. The number of rotatable bonds is 9. The molecule has 0 unspecified atom stereocenters. The Morgan fingerprint density at radius 1 is 1.06 bits per heavy atom. The minimum atomic E-state index is -0.984. The predicted octanol–water partition coefficient (Wildman–Crippen LogP) is 1.73. The average Bonchev–Trinajstić information content (AvgIpc) is 3.38. The Bertz CT molecular complexity index is 933. The first-order chi connectivity index (χ1) is 16.5. The molecule has 1 aromatic heterocycles. The zero-order chi connectivity index (χ0) is 23.8. The maximum Gasteiger partial charge on any atom is 0.225 e. The molecule has 34 heavy (non-hydrogen) atoms. The standard InChI is InChI=1S/C24H31FN4O5/c25-20-3-5-21(6-4-20)33-18-24(16-23(31)28-10-13-32-14-11-28)17-29(12-15-34-24)22(30)2-1-8-27-9-7-26-19-27/h3-7,9,19H,1-2,8,10-18H2/t24-/m0/s1. The van der Waals surface area contributed by atoms with Crippen molar-refractivity contribution in [1.82, 2.24) is 19.4 Å². The van der Waals surface area contributed by atoms with E-state index in [2.05, 4.69) is 4.98 Å². The Balaban J connectivity index is 1.41. The smallest absolute Gasteiger partial charge is 0.225 e. The number of carbonyl (C=O) groups excluding carboxylic acids is 2. The Hall–Kier alpha value is -2.98. The van der Waals surface area contributed by atoms with Gasteiger partial charge >= 0.3 is 0 Å². The molecule has 2 fully saturated rings. The van der Waals surface area contributed by atoms with Crippen LogP contribution in [0.1, 0.15) is 19.3 Å². The van der Waals surface area contributed by atoms with Crippen LogP contribution in [0.3, 0.4) is 0 Å². The number of hydrogen-bond acceptors (Lipinski definition) is 6. The van der Waals surface area contributed by atoms with Crippen molar-refractivity contribution in [2.75, 3.05) is 52.6 Å². The van der Waals surface area contributed by atoms with E-state index in [1.54, 1.807) is 22.3 Å². The molecule has 4 rings (SSSR count). The summed E-state index contributed by atoms with van der Waals surface area (Å²) in [5.74, 6) is 0.0896. The average molecular weight is 475 g/mol. The second-order valence-electron chi connectivity index (χ2n) is 8.66. The highest BCUT2D eigenvalue weighted by Gasteiger charge is 2.42. The lowest BCUT2D eigenvalue weighted by Crippen LogP contribution is -2.58. The maximum absolute atomic E-state index is 13.3. The lowest BCUT2D eigenvalue weighted by Gasteiger charge is -2.43. The van der Waals surface area contributed by atoms with Gasteiger partial charge in [0.2, 0.25) is 11.8 Å². The van der Waals surface area contributed by atoms with Gasteiger partial charge in [0.25, 0.3) is 0 Å². The molecule has 0 bridgehead atoms. The molecule has 2 saturated heterocycles. The van der Waals surface area contributed by atoms with Crippen LogP contribution in [0.5, 0.6) is 5.75 Å². The lowest BCUT2D eigenvalue weighted by atomic mass is 9.96. The molecule has 1 aromatic carbocycles. The zero-order valence-electron chi connectivity index (χ0n) is 19.2. The number of nitrogens with zero attached hydrogens (tertiary/aromatic N) is 4. The van der Waals surface area contributed by atoms with Crippen molar-refractivity contribution in [3.8, 4) is 5.75 Å². The normalized spacial score (nSPS) is 20.9. The van der Waals surface area contributed by atoms with Crippen LogP contribution in [0.15, 0.2) is 43.0 Å². The van der Waals surface area contributed by atoms with Crippen molar-refractivity contribution in [2.45, 2.75) is 31.4 Å². The number of hydrogen-bond donors (Lipinski definition) is 0. The van der Waals surface area contributed by atoms with E-state index < -0.39 is 5.60 Å². The van der Waals surface area contributed by atoms with Gasteiger partial charge in [0.15, 0.2) is 0 Å². The van der Waals surface area contributed by atoms with Crippen molar-refractivity contribution >= 4 is 11.8 Å². The second-order valence-corrected chi connectivity index (χ2v) is 8.66. The number of morpholine rings is 2. The van der Waals surface area contributed by atoms with E-state index in [0.717, 1.165) is 0 Å². The number of aromatic nitrogens is 2. The first-order valence-electron chi connectivity index (χ1n) is 11.6. The Morgan fingerprint density at radius 3 is 2.56 bits per heavy atom. The van der Waals surface area contributed by atoms with E-state index in [9.17, 15) is 14.0 Å². The van der Waals surface area contributed by atoms with Gasteiger partial charge in [0, 0.05) is 45.0 Å². The molecule has 3 heterocycles. The largest absolute Gasteiger partial charge is 0.490 e. The Morgan fingerprint density at radius 2 is 1.82 bits per heavy atom. The third kappa shape index (κ3) is 6.54. The molecular weight excluding hydrogens is 443 g/mol. The van der Waals surface area contributed by atoms with Crippen molar-refractivity contribution in [3.63, 3.8) is 0 Å². The number of carbonyl (C=O) groups is 2. The fourth-order valence-corrected chi connectivity index (χ4v) is 4.24. The summed E-state index contributed by atoms with van der Waals surface area (Å²) >= 11 is 0. The van der Waals surface area contributed by atoms with E-state index in [4.69, 9.17) is 14.2 Å². The maximum atomic E-state index is 13.3. The predicted molar refractivity (Wildman–Crippen MR) is 121 cm³/mol. The van der Waals surface area contributed by atoms with Gasteiger partial charge in [-0.3, -0.25) is 9.59 Å². The number of benzene rings is 1. The number of amides is 2. The third-order valence-corrected chi connectivity index (χ3v) is 6.12. The molecule has 1 atom stereocenters. The minimum Gasteiger partial charge on any atom is -0.490 e. The van der Waals surface area contributed by atoms with Crippen LogP contribution in [0, 0.1) is 5.82 Å². The van der Waals surface area contributed by atoms with Crippen LogP contribution in [-0.2, 0) is 25.6 Å². The summed E-state index contributed by atoms with van der Waals surface area (Å²) in [5, 5.41) is 0. The van der Waals surface area contributed by atoms with Crippen LogP contribution in [-0.4, -0.2) is 89.4 Å². The second kappa shape index (κ2) is 11.4. The Kier molecular flexibility index (Phi) is 8.12. The fourth-order valence-electron chi connectivity index (χ4n) is 4.24. The van der Waals surface area contributed by atoms with Gasteiger partial charge in [-0.15, -0.1) is 0 Å². The molecule has 0 aliphatic carbocycles.